The van der Waals surface area contributed by atoms with Crippen molar-refractivity contribution in [1.29, 1.82) is 0 Å². The molecule has 37 heavy (non-hydrogen) atoms. The van der Waals surface area contributed by atoms with E-state index in [1.807, 2.05) is 35.4 Å². The Morgan fingerprint density at radius 1 is 1.14 bits per heavy atom. The van der Waals surface area contributed by atoms with Crippen LogP contribution >= 0.6 is 0 Å². The number of carboxylic acid groups (broad SMARTS) is 1. The zero-order chi connectivity index (χ0) is 27.0. The normalized spacial score (nSPS) is 17.9. The molecule has 0 atom stereocenters. The van der Waals surface area contributed by atoms with Gasteiger partial charge in [0.25, 0.3) is 0 Å². The van der Waals surface area contributed by atoms with Gasteiger partial charge in [0.15, 0.2) is 5.88 Å². The predicted octanol–water partition coefficient (Wildman–Crippen LogP) is 3.80. The van der Waals surface area contributed by atoms with Crippen LogP contribution in [0.4, 0.5) is 0 Å². The van der Waals surface area contributed by atoms with Gasteiger partial charge in [-0.3, -0.25) is 4.79 Å². The van der Waals surface area contributed by atoms with Crippen LogP contribution in [-0.2, 0) is 45.4 Å². The Hall–Kier alpha value is -2.78. The summed E-state index contributed by atoms with van der Waals surface area (Å²) in [4.78, 5) is 13.8. The van der Waals surface area contributed by atoms with Gasteiger partial charge in [-0.2, -0.15) is 4.31 Å². The second-order valence-corrected chi connectivity index (χ2v) is 12.8. The molecule has 1 aliphatic carbocycles. The van der Waals surface area contributed by atoms with E-state index in [0.717, 1.165) is 36.2 Å². The van der Waals surface area contributed by atoms with Gasteiger partial charge < -0.3 is 19.3 Å². The molecule has 1 fully saturated rings. The highest BCUT2D eigenvalue weighted by molar-refractivity contribution is 7.89. The van der Waals surface area contributed by atoms with Crippen molar-refractivity contribution in [3.63, 3.8) is 0 Å². The molecule has 1 aromatic heterocycles. The number of nitrogens with zero attached hydrogens (tertiary/aromatic N) is 3. The topological polar surface area (TPSA) is 92.1 Å². The van der Waals surface area contributed by atoms with Crippen LogP contribution in [0.15, 0.2) is 41.6 Å². The second kappa shape index (κ2) is 10.5. The van der Waals surface area contributed by atoms with Crippen LogP contribution in [0.1, 0.15) is 55.3 Å². The number of piperazine rings is 1. The third-order valence-corrected chi connectivity index (χ3v) is 9.62. The van der Waals surface area contributed by atoms with E-state index < -0.39 is 16.0 Å². The summed E-state index contributed by atoms with van der Waals surface area (Å²) < 4.78 is 35.5. The van der Waals surface area contributed by atoms with Gasteiger partial charge in [-0.25, -0.2) is 8.42 Å². The first kappa shape index (κ1) is 27.3. The Labute approximate surface area is 220 Å². The Morgan fingerprint density at radius 3 is 2.38 bits per heavy atom. The first-order valence-electron chi connectivity index (χ1n) is 13.0. The summed E-state index contributed by atoms with van der Waals surface area (Å²) in [6, 6.07) is 7.15. The summed E-state index contributed by atoms with van der Waals surface area (Å²) in [6.07, 6.45) is 3.47. The van der Waals surface area contributed by atoms with Gasteiger partial charge in [-0.1, -0.05) is 26.0 Å². The maximum atomic E-state index is 13.3. The highest BCUT2D eigenvalue weighted by Crippen LogP contribution is 2.39. The molecule has 0 amide bonds. The van der Waals surface area contributed by atoms with Gasteiger partial charge in [-0.15, -0.1) is 0 Å². The quantitative estimate of drug-likeness (QED) is 0.497. The van der Waals surface area contributed by atoms with E-state index in [1.54, 1.807) is 12.1 Å². The van der Waals surface area contributed by atoms with E-state index in [-0.39, 0.29) is 16.9 Å². The number of aromatic nitrogens is 1. The maximum absolute atomic E-state index is 13.3. The van der Waals surface area contributed by atoms with Crippen molar-refractivity contribution in [3.05, 3.63) is 64.8 Å². The Morgan fingerprint density at radius 2 is 1.78 bits per heavy atom. The predicted molar refractivity (Wildman–Crippen MR) is 143 cm³/mol. The number of aliphatic carboxylic acids is 1. The lowest BCUT2D eigenvalue weighted by atomic mass is 9.75. The number of hydrogen-bond donors (Lipinski definition) is 1. The minimum atomic E-state index is -3.59. The van der Waals surface area contributed by atoms with Gasteiger partial charge in [-0.05, 0) is 80.3 Å². The lowest BCUT2D eigenvalue weighted by molar-refractivity contribution is -0.137. The van der Waals surface area contributed by atoms with Crippen LogP contribution in [0.5, 0.6) is 0 Å². The van der Waals surface area contributed by atoms with E-state index in [0.29, 0.717) is 45.1 Å². The van der Waals surface area contributed by atoms with Crippen molar-refractivity contribution in [2.45, 2.75) is 64.8 Å². The van der Waals surface area contributed by atoms with Gasteiger partial charge in [0, 0.05) is 37.6 Å². The largest absolute Gasteiger partial charge is 0.480 e. The second-order valence-electron chi connectivity index (χ2n) is 10.8. The van der Waals surface area contributed by atoms with Crippen LogP contribution < -0.4 is 0 Å². The van der Waals surface area contributed by atoms with E-state index in [9.17, 15) is 18.3 Å². The number of fused-ring (bicyclic) bond motifs is 1. The third kappa shape index (κ3) is 5.72. The molecular formula is C28H39N3O5S. The fourth-order valence-electron chi connectivity index (χ4n) is 5.59. The van der Waals surface area contributed by atoms with Crippen molar-refractivity contribution in [2.24, 2.45) is 5.41 Å². The molecule has 1 aromatic carbocycles. The number of ether oxygens (including phenoxy) is 1. The van der Waals surface area contributed by atoms with E-state index >= 15 is 0 Å². The number of benzene rings is 1. The smallest absolute Gasteiger partial charge is 0.323 e. The summed E-state index contributed by atoms with van der Waals surface area (Å²) in [5.74, 6) is -0.253. The number of rotatable bonds is 9. The Kier molecular flexibility index (Phi) is 7.76. The molecule has 0 saturated carbocycles. The molecule has 4 rings (SSSR count). The number of carbonyl (C=O) groups is 1. The van der Waals surface area contributed by atoms with Gasteiger partial charge in [0.2, 0.25) is 10.0 Å². The molecule has 1 aliphatic heterocycles. The molecule has 0 spiro atoms. The van der Waals surface area contributed by atoms with Crippen LogP contribution in [0.25, 0.3) is 0 Å². The number of sulfonamides is 1. The van der Waals surface area contributed by atoms with E-state index in [2.05, 4.69) is 20.4 Å². The van der Waals surface area contributed by atoms with Crippen molar-refractivity contribution in [2.75, 3.05) is 32.8 Å². The molecule has 9 heteroatoms. The Balaban J connectivity index is 1.52. The van der Waals surface area contributed by atoms with E-state index in [4.69, 9.17) is 4.74 Å². The molecule has 0 bridgehead atoms. The molecule has 1 N–H and O–H groups in total. The molecule has 2 aliphatic rings. The van der Waals surface area contributed by atoms with Crippen molar-refractivity contribution < 1.29 is 23.1 Å². The summed E-state index contributed by atoms with van der Waals surface area (Å²) in [7, 11) is -3.59. The van der Waals surface area contributed by atoms with Crippen molar-refractivity contribution >= 4 is 16.0 Å². The zero-order valence-electron chi connectivity index (χ0n) is 22.4. The monoisotopic (exact) mass is 529 g/mol. The molecule has 0 unspecified atom stereocenters. The van der Waals surface area contributed by atoms with Gasteiger partial charge >= 0.3 is 5.97 Å². The SMILES string of the molecule is C=C(OCC)N1CCN(S(=O)(=O)c2ccc(Cc3c4c(n(CC(=O)O)c3C)CCC(C)(C)C4)cc2)CC1. The molecule has 0 radical (unpaired) electrons. The van der Waals surface area contributed by atoms with Gasteiger partial charge in [0.1, 0.15) is 6.54 Å². The average Bonchev–Trinajstić information content (AvgIpc) is 3.08. The third-order valence-electron chi connectivity index (χ3n) is 7.71. The summed E-state index contributed by atoms with van der Waals surface area (Å²) >= 11 is 0. The fourth-order valence-corrected chi connectivity index (χ4v) is 7.01. The lowest BCUT2D eigenvalue weighted by Crippen LogP contribution is -2.48. The zero-order valence-corrected chi connectivity index (χ0v) is 23.2. The molecular weight excluding hydrogens is 490 g/mol. The highest BCUT2D eigenvalue weighted by Gasteiger charge is 2.32. The number of hydrogen-bond acceptors (Lipinski definition) is 5. The van der Waals surface area contributed by atoms with Crippen LogP contribution in [0, 0.1) is 12.3 Å². The summed E-state index contributed by atoms with van der Waals surface area (Å²) in [5, 5.41) is 9.48. The number of carboxylic acids is 1. The summed E-state index contributed by atoms with van der Waals surface area (Å²) in [6.45, 7) is 14.7. The lowest BCUT2D eigenvalue weighted by Gasteiger charge is -2.35. The van der Waals surface area contributed by atoms with Crippen LogP contribution in [0.2, 0.25) is 0 Å². The molecule has 8 nitrogen and oxygen atoms in total. The first-order valence-corrected chi connectivity index (χ1v) is 14.4. The fraction of sp³-hybridized carbons (Fsp3) is 0.536. The van der Waals surface area contributed by atoms with Crippen molar-refractivity contribution in [3.8, 4) is 0 Å². The highest BCUT2D eigenvalue weighted by atomic mass is 32.2. The van der Waals surface area contributed by atoms with E-state index in [1.165, 1.54) is 15.4 Å². The van der Waals surface area contributed by atoms with Crippen LogP contribution in [-0.4, -0.2) is 66.1 Å². The molecule has 2 heterocycles. The summed E-state index contributed by atoms with van der Waals surface area (Å²) in [5.41, 5.74) is 5.75. The molecule has 2 aromatic rings. The van der Waals surface area contributed by atoms with Crippen LogP contribution in [0.3, 0.4) is 0 Å². The minimum Gasteiger partial charge on any atom is -0.480 e. The maximum Gasteiger partial charge on any atom is 0.323 e. The molecule has 1 saturated heterocycles. The molecule has 202 valence electrons. The Bertz CT molecular complexity index is 1270. The van der Waals surface area contributed by atoms with Gasteiger partial charge in [0.05, 0.1) is 11.5 Å². The standard InChI is InChI=1S/C28H39N3O5S/c1-6-36-21(3)29-13-15-30(16-14-29)37(34,35)23-9-7-22(8-10-23)17-24-20(2)31(19-27(32)33)26-11-12-28(4,5)18-25(24)26/h7-10H,3,6,11-19H2,1-2,4-5H3,(H,32,33). The minimum absolute atomic E-state index is 0.0308. The first-order chi connectivity index (χ1) is 17.4. The van der Waals surface area contributed by atoms with Crippen molar-refractivity contribution in [1.82, 2.24) is 13.8 Å². The average molecular weight is 530 g/mol.